The van der Waals surface area contributed by atoms with Crippen LogP contribution in [-0.2, 0) is 4.74 Å². The highest BCUT2D eigenvalue weighted by Crippen LogP contribution is 2.30. The fourth-order valence-corrected chi connectivity index (χ4v) is 3.64. The van der Waals surface area contributed by atoms with Crippen LogP contribution in [0, 0.1) is 5.82 Å². The van der Waals surface area contributed by atoms with E-state index in [0.29, 0.717) is 41.8 Å². The first-order valence-electron chi connectivity index (χ1n) is 9.42. The summed E-state index contributed by atoms with van der Waals surface area (Å²) in [5, 5.41) is 3.74. The smallest absolute Gasteiger partial charge is 0.240 e. The third-order valence-corrected chi connectivity index (χ3v) is 5.25. The summed E-state index contributed by atoms with van der Waals surface area (Å²) in [6.45, 7) is 4.10. The number of benzene rings is 1. The molecule has 1 aromatic carbocycles. The van der Waals surface area contributed by atoms with E-state index in [1.807, 2.05) is 4.57 Å². The normalized spacial score (nSPS) is 20.0. The van der Waals surface area contributed by atoms with E-state index >= 15 is 0 Å². The Morgan fingerprint density at radius 1 is 1.21 bits per heavy atom. The summed E-state index contributed by atoms with van der Waals surface area (Å²) in [6.07, 6.45) is 2.18. The van der Waals surface area contributed by atoms with Crippen LogP contribution in [-0.4, -0.2) is 51.4 Å². The molecule has 3 heterocycles. The van der Waals surface area contributed by atoms with Gasteiger partial charge in [-0.1, -0.05) is 11.6 Å². The van der Waals surface area contributed by atoms with Gasteiger partial charge in [0.1, 0.15) is 16.8 Å². The minimum Gasteiger partial charge on any atom is -0.377 e. The Balaban J connectivity index is 1.64. The first kappa shape index (κ1) is 17.6. The first-order chi connectivity index (χ1) is 13.6. The van der Waals surface area contributed by atoms with E-state index in [1.165, 1.54) is 12.1 Å². The van der Waals surface area contributed by atoms with E-state index in [0.717, 1.165) is 30.7 Å². The lowest BCUT2D eigenvalue weighted by Gasteiger charge is -2.34. The van der Waals surface area contributed by atoms with E-state index in [-0.39, 0.29) is 11.9 Å². The fraction of sp³-hybridized carbons (Fsp3) is 0.421. The van der Waals surface area contributed by atoms with Gasteiger partial charge in [0.2, 0.25) is 11.9 Å². The molecule has 146 valence electrons. The van der Waals surface area contributed by atoms with Gasteiger partial charge in [-0.15, -0.1) is 0 Å². The predicted molar refractivity (Wildman–Crippen MR) is 106 cm³/mol. The van der Waals surface area contributed by atoms with Crippen molar-refractivity contribution in [1.29, 1.82) is 0 Å². The van der Waals surface area contributed by atoms with Crippen molar-refractivity contribution < 1.29 is 9.13 Å². The summed E-state index contributed by atoms with van der Waals surface area (Å²) < 4.78 is 21.1. The molecular formula is C19H20ClFN6O. The Morgan fingerprint density at radius 3 is 2.86 bits per heavy atom. The predicted octanol–water partition coefficient (Wildman–Crippen LogP) is 3.41. The van der Waals surface area contributed by atoms with Gasteiger partial charge in [0.05, 0.1) is 30.3 Å². The molecular weight excluding hydrogens is 383 g/mol. The minimum atomic E-state index is -0.329. The second-order valence-electron chi connectivity index (χ2n) is 7.29. The standard InChI is InChI=1S/C19H20ClFN6O/c1-11-10-28-7-6-26(11)17-9-16(20)24-19(25-17)27-15-5-2-12(21)8-14(15)23-18(27)22-13-3-4-13/h2,5,8-9,11,13H,3-4,6-7,10H2,1H3,(H,22,23)/t11-/m1/s1. The number of imidazole rings is 1. The summed E-state index contributed by atoms with van der Waals surface area (Å²) in [7, 11) is 0. The minimum absolute atomic E-state index is 0.185. The van der Waals surface area contributed by atoms with E-state index in [2.05, 4.69) is 27.1 Å². The zero-order chi connectivity index (χ0) is 19.3. The van der Waals surface area contributed by atoms with Gasteiger partial charge in [0, 0.05) is 24.7 Å². The van der Waals surface area contributed by atoms with Gasteiger partial charge in [0.25, 0.3) is 0 Å². The van der Waals surface area contributed by atoms with Crippen molar-refractivity contribution in [3.63, 3.8) is 0 Å². The molecule has 1 atom stereocenters. The fourth-order valence-electron chi connectivity index (χ4n) is 3.47. The van der Waals surface area contributed by atoms with Gasteiger partial charge in [-0.2, -0.15) is 4.98 Å². The quantitative estimate of drug-likeness (QED) is 0.674. The average molecular weight is 403 g/mol. The van der Waals surface area contributed by atoms with Gasteiger partial charge in [0.15, 0.2) is 0 Å². The second-order valence-corrected chi connectivity index (χ2v) is 7.68. The van der Waals surface area contributed by atoms with Crippen molar-refractivity contribution in [3.05, 3.63) is 35.2 Å². The lowest BCUT2D eigenvalue weighted by molar-refractivity contribution is 0.0985. The Hall–Kier alpha value is -2.45. The number of morpholine rings is 1. The highest BCUT2D eigenvalue weighted by atomic mass is 35.5. The van der Waals surface area contributed by atoms with Crippen LogP contribution in [0.3, 0.4) is 0 Å². The topological polar surface area (TPSA) is 68.1 Å². The molecule has 9 heteroatoms. The van der Waals surface area contributed by atoms with Crippen molar-refractivity contribution in [1.82, 2.24) is 19.5 Å². The van der Waals surface area contributed by atoms with Crippen LogP contribution < -0.4 is 10.2 Å². The molecule has 0 spiro atoms. The van der Waals surface area contributed by atoms with Gasteiger partial charge >= 0.3 is 0 Å². The maximum absolute atomic E-state index is 13.7. The molecule has 7 nitrogen and oxygen atoms in total. The largest absolute Gasteiger partial charge is 0.377 e. The zero-order valence-electron chi connectivity index (χ0n) is 15.4. The van der Waals surface area contributed by atoms with Crippen molar-refractivity contribution in [2.24, 2.45) is 0 Å². The van der Waals surface area contributed by atoms with Crippen LogP contribution in [0.25, 0.3) is 17.0 Å². The molecule has 0 unspecified atom stereocenters. The molecule has 2 aliphatic rings. The molecule has 5 rings (SSSR count). The number of hydrogen-bond acceptors (Lipinski definition) is 6. The first-order valence-corrected chi connectivity index (χ1v) is 9.80. The van der Waals surface area contributed by atoms with E-state index in [9.17, 15) is 4.39 Å². The number of anilines is 2. The van der Waals surface area contributed by atoms with Crippen molar-refractivity contribution in [2.45, 2.75) is 31.8 Å². The molecule has 0 radical (unpaired) electrons. The lowest BCUT2D eigenvalue weighted by Crippen LogP contribution is -2.44. The average Bonchev–Trinajstić information content (AvgIpc) is 3.40. The number of hydrogen-bond donors (Lipinski definition) is 1. The van der Waals surface area contributed by atoms with Gasteiger partial charge in [-0.25, -0.2) is 18.9 Å². The van der Waals surface area contributed by atoms with Gasteiger partial charge in [-0.05, 0) is 31.9 Å². The van der Waals surface area contributed by atoms with Gasteiger partial charge in [-0.3, -0.25) is 0 Å². The number of ether oxygens (including phenoxy) is 1. The molecule has 0 bridgehead atoms. The highest BCUT2D eigenvalue weighted by Gasteiger charge is 2.26. The molecule has 0 amide bonds. The SMILES string of the molecule is C[C@@H]1COCCN1c1cc(Cl)nc(-n2c(NC3CC3)nc3cc(F)ccc32)n1. The molecule has 1 saturated heterocycles. The number of nitrogens with one attached hydrogen (secondary N) is 1. The van der Waals surface area contributed by atoms with Crippen LogP contribution in [0.15, 0.2) is 24.3 Å². The third kappa shape index (κ3) is 3.27. The maximum Gasteiger partial charge on any atom is 0.240 e. The van der Waals surface area contributed by atoms with Crippen LogP contribution in [0.1, 0.15) is 19.8 Å². The Kier molecular flexibility index (Phi) is 4.32. The second kappa shape index (κ2) is 6.86. The summed E-state index contributed by atoms with van der Waals surface area (Å²) >= 11 is 6.36. The molecule has 3 aromatic rings. The Bertz CT molecular complexity index is 1040. The zero-order valence-corrected chi connectivity index (χ0v) is 16.2. The molecule has 1 aliphatic carbocycles. The summed E-state index contributed by atoms with van der Waals surface area (Å²) in [4.78, 5) is 15.9. The molecule has 1 aliphatic heterocycles. The number of fused-ring (bicyclic) bond motifs is 1. The number of aromatic nitrogens is 4. The molecule has 2 aromatic heterocycles. The van der Waals surface area contributed by atoms with Crippen LogP contribution in [0.2, 0.25) is 5.15 Å². The van der Waals surface area contributed by atoms with Crippen molar-refractivity contribution in [3.8, 4) is 5.95 Å². The monoisotopic (exact) mass is 402 g/mol. The number of rotatable bonds is 4. The molecule has 28 heavy (non-hydrogen) atoms. The third-order valence-electron chi connectivity index (χ3n) is 5.06. The van der Waals surface area contributed by atoms with Crippen molar-refractivity contribution in [2.75, 3.05) is 30.0 Å². The number of nitrogens with zero attached hydrogens (tertiary/aromatic N) is 5. The van der Waals surface area contributed by atoms with Crippen LogP contribution in [0.5, 0.6) is 0 Å². The maximum atomic E-state index is 13.7. The van der Waals surface area contributed by atoms with Crippen LogP contribution >= 0.6 is 11.6 Å². The van der Waals surface area contributed by atoms with Gasteiger partial charge < -0.3 is 15.0 Å². The summed E-state index contributed by atoms with van der Waals surface area (Å²) in [5.74, 6) is 1.43. The molecule has 1 N–H and O–H groups in total. The Labute approximate surface area is 166 Å². The lowest BCUT2D eigenvalue weighted by atomic mass is 10.2. The van der Waals surface area contributed by atoms with E-state index in [4.69, 9.17) is 21.3 Å². The highest BCUT2D eigenvalue weighted by molar-refractivity contribution is 6.29. The molecule has 1 saturated carbocycles. The Morgan fingerprint density at radius 2 is 2.07 bits per heavy atom. The van der Waals surface area contributed by atoms with E-state index in [1.54, 1.807) is 12.1 Å². The number of halogens is 2. The summed E-state index contributed by atoms with van der Waals surface area (Å²) in [6, 6.07) is 6.84. The summed E-state index contributed by atoms with van der Waals surface area (Å²) in [5.41, 5.74) is 1.28. The van der Waals surface area contributed by atoms with E-state index < -0.39 is 0 Å². The molecule has 2 fully saturated rings. The van der Waals surface area contributed by atoms with Crippen molar-refractivity contribution >= 4 is 34.4 Å². The van der Waals surface area contributed by atoms with Crippen LogP contribution in [0.4, 0.5) is 16.2 Å².